The molecule has 0 saturated heterocycles. The lowest BCUT2D eigenvalue weighted by Crippen LogP contribution is -2.41. The van der Waals surface area contributed by atoms with Crippen molar-refractivity contribution in [3.05, 3.63) is 35.0 Å². The molecule has 116 valence electrons. The van der Waals surface area contributed by atoms with Crippen LogP contribution in [-0.2, 0) is 4.79 Å². The maximum atomic E-state index is 12.3. The van der Waals surface area contributed by atoms with E-state index in [0.29, 0.717) is 18.0 Å². The van der Waals surface area contributed by atoms with Crippen molar-refractivity contribution in [2.75, 3.05) is 0 Å². The van der Waals surface area contributed by atoms with Crippen LogP contribution in [0.25, 0.3) is 10.9 Å². The molecule has 22 heavy (non-hydrogen) atoms. The first kappa shape index (κ1) is 14.6. The first-order chi connectivity index (χ1) is 10.4. The number of fused-ring (bicyclic) bond motifs is 1. The Morgan fingerprint density at radius 3 is 2.68 bits per heavy atom. The summed E-state index contributed by atoms with van der Waals surface area (Å²) >= 11 is 0. The quantitative estimate of drug-likeness (QED) is 0.794. The normalized spacial score (nSPS) is 15.7. The van der Waals surface area contributed by atoms with E-state index in [4.69, 9.17) is 0 Å². The molecule has 0 spiro atoms. The van der Waals surface area contributed by atoms with Gasteiger partial charge in [0.05, 0.1) is 0 Å². The van der Waals surface area contributed by atoms with E-state index in [0.717, 1.165) is 34.9 Å². The van der Waals surface area contributed by atoms with Gasteiger partial charge in [-0.25, -0.2) is 4.79 Å². The number of aliphatic carboxylic acids is 1. The highest BCUT2D eigenvalue weighted by Crippen LogP contribution is 2.33. The number of aromatic nitrogens is 1. The van der Waals surface area contributed by atoms with E-state index in [1.165, 1.54) is 0 Å². The highest BCUT2D eigenvalue weighted by molar-refractivity contribution is 6.00. The molecule has 1 aromatic heterocycles. The molecule has 1 amide bonds. The second-order valence-corrected chi connectivity index (χ2v) is 6.27. The van der Waals surface area contributed by atoms with Gasteiger partial charge in [-0.2, -0.15) is 0 Å². The number of aromatic amines is 1. The second-order valence-electron chi connectivity index (χ2n) is 6.27. The Morgan fingerprint density at radius 1 is 1.32 bits per heavy atom. The van der Waals surface area contributed by atoms with Gasteiger partial charge in [0.15, 0.2) is 0 Å². The number of carboxylic acid groups (broad SMARTS) is 1. The lowest BCUT2D eigenvalue weighted by Gasteiger charge is -2.13. The van der Waals surface area contributed by atoms with E-state index in [1.807, 2.05) is 19.9 Å². The van der Waals surface area contributed by atoms with E-state index in [2.05, 4.69) is 16.4 Å². The van der Waals surface area contributed by atoms with Gasteiger partial charge in [0.2, 0.25) is 0 Å². The number of carbonyl (C=O) groups is 2. The van der Waals surface area contributed by atoms with Crippen molar-refractivity contribution >= 4 is 22.8 Å². The molecular weight excluding hydrogens is 280 g/mol. The molecule has 5 nitrogen and oxygen atoms in total. The van der Waals surface area contributed by atoms with Crippen molar-refractivity contribution in [3.63, 3.8) is 0 Å². The standard InChI is InChI=1S/C17H20N2O3/c1-9-5-10(2)12-8-14(18-13(12)6-9)16(20)19-15(17(21)22)7-11-3-4-11/h5-6,8,11,15,18H,3-4,7H2,1-2H3,(H,19,20)(H,21,22). The van der Waals surface area contributed by atoms with E-state index in [9.17, 15) is 14.7 Å². The van der Waals surface area contributed by atoms with Crippen molar-refractivity contribution < 1.29 is 14.7 Å². The van der Waals surface area contributed by atoms with Gasteiger partial charge in [0.25, 0.3) is 5.91 Å². The van der Waals surface area contributed by atoms with Crippen LogP contribution in [0.5, 0.6) is 0 Å². The minimum absolute atomic E-state index is 0.360. The largest absolute Gasteiger partial charge is 0.480 e. The summed E-state index contributed by atoms with van der Waals surface area (Å²) in [7, 11) is 0. The molecule has 5 heteroatoms. The van der Waals surface area contributed by atoms with E-state index >= 15 is 0 Å². The van der Waals surface area contributed by atoms with Gasteiger partial charge in [-0.05, 0) is 49.4 Å². The van der Waals surface area contributed by atoms with E-state index < -0.39 is 12.0 Å². The van der Waals surface area contributed by atoms with E-state index in [-0.39, 0.29) is 5.91 Å². The van der Waals surface area contributed by atoms with Crippen molar-refractivity contribution in [3.8, 4) is 0 Å². The summed E-state index contributed by atoms with van der Waals surface area (Å²) in [5, 5.41) is 12.9. The first-order valence-corrected chi connectivity index (χ1v) is 7.57. The average Bonchev–Trinajstić information content (AvgIpc) is 3.14. The smallest absolute Gasteiger partial charge is 0.326 e. The fourth-order valence-corrected chi connectivity index (χ4v) is 2.87. The topological polar surface area (TPSA) is 82.2 Å². The summed E-state index contributed by atoms with van der Waals surface area (Å²) in [5.41, 5.74) is 3.52. The molecule has 0 radical (unpaired) electrons. The summed E-state index contributed by atoms with van der Waals surface area (Å²) in [6.45, 7) is 4.00. The highest BCUT2D eigenvalue weighted by Gasteiger charge is 2.30. The third-order valence-electron chi connectivity index (χ3n) is 4.20. The molecule has 1 fully saturated rings. The number of carboxylic acids is 1. The van der Waals surface area contributed by atoms with Gasteiger partial charge in [0.1, 0.15) is 11.7 Å². The molecule has 1 unspecified atom stereocenters. The first-order valence-electron chi connectivity index (χ1n) is 7.57. The molecule has 0 aliphatic heterocycles. The second kappa shape index (κ2) is 5.48. The number of rotatable bonds is 5. The Kier molecular flexibility index (Phi) is 3.64. The van der Waals surface area contributed by atoms with Crippen molar-refractivity contribution in [2.24, 2.45) is 5.92 Å². The lowest BCUT2D eigenvalue weighted by atomic mass is 10.1. The maximum absolute atomic E-state index is 12.3. The van der Waals surface area contributed by atoms with Crippen molar-refractivity contribution in [2.45, 2.75) is 39.2 Å². The SMILES string of the molecule is Cc1cc(C)c2cc(C(=O)NC(CC3CC3)C(=O)O)[nH]c2c1. The molecule has 1 aliphatic carbocycles. The summed E-state index contributed by atoms with van der Waals surface area (Å²) in [4.78, 5) is 26.7. The molecular formula is C17H20N2O3. The fourth-order valence-electron chi connectivity index (χ4n) is 2.87. The summed E-state index contributed by atoms with van der Waals surface area (Å²) < 4.78 is 0. The number of amides is 1. The number of carbonyl (C=O) groups excluding carboxylic acids is 1. The molecule has 1 aromatic carbocycles. The monoisotopic (exact) mass is 300 g/mol. The molecule has 3 N–H and O–H groups in total. The van der Waals surface area contributed by atoms with Gasteiger partial charge in [-0.3, -0.25) is 4.79 Å². The Bertz CT molecular complexity index is 744. The number of aryl methyl sites for hydroxylation is 2. The minimum Gasteiger partial charge on any atom is -0.480 e. The summed E-state index contributed by atoms with van der Waals surface area (Å²) in [6, 6.07) is 5.02. The van der Waals surface area contributed by atoms with Gasteiger partial charge in [0, 0.05) is 10.9 Å². The zero-order chi connectivity index (χ0) is 15.9. The van der Waals surface area contributed by atoms with Gasteiger partial charge >= 0.3 is 5.97 Å². The number of H-pyrrole nitrogens is 1. The Labute approximate surface area is 128 Å². The lowest BCUT2D eigenvalue weighted by molar-refractivity contribution is -0.139. The number of benzene rings is 1. The fraction of sp³-hybridized carbons (Fsp3) is 0.412. The van der Waals surface area contributed by atoms with E-state index in [1.54, 1.807) is 6.07 Å². The molecule has 1 atom stereocenters. The zero-order valence-corrected chi connectivity index (χ0v) is 12.8. The van der Waals surface area contributed by atoms with Crippen LogP contribution < -0.4 is 5.32 Å². The Balaban J connectivity index is 1.81. The molecule has 3 rings (SSSR count). The van der Waals surface area contributed by atoms with Crippen LogP contribution in [0.3, 0.4) is 0 Å². The molecule has 1 saturated carbocycles. The number of nitrogens with one attached hydrogen (secondary N) is 2. The Morgan fingerprint density at radius 2 is 2.05 bits per heavy atom. The van der Waals surface area contributed by atoms with Crippen molar-refractivity contribution in [1.29, 1.82) is 0 Å². The van der Waals surface area contributed by atoms with Crippen LogP contribution in [0.4, 0.5) is 0 Å². The predicted molar refractivity (Wildman–Crippen MR) is 84.0 cm³/mol. The predicted octanol–water partition coefficient (Wildman–Crippen LogP) is 2.77. The third-order valence-corrected chi connectivity index (χ3v) is 4.20. The molecule has 2 aromatic rings. The van der Waals surface area contributed by atoms with Crippen LogP contribution in [-0.4, -0.2) is 28.0 Å². The van der Waals surface area contributed by atoms with Crippen LogP contribution in [0.1, 0.15) is 40.9 Å². The van der Waals surface area contributed by atoms with Crippen molar-refractivity contribution in [1.82, 2.24) is 10.3 Å². The van der Waals surface area contributed by atoms with Crippen LogP contribution in [0.2, 0.25) is 0 Å². The molecule has 0 bridgehead atoms. The number of hydrogen-bond donors (Lipinski definition) is 3. The van der Waals surface area contributed by atoms with Gasteiger partial charge in [-0.1, -0.05) is 18.9 Å². The van der Waals surface area contributed by atoms with Crippen LogP contribution >= 0.6 is 0 Å². The minimum atomic E-state index is -0.969. The van der Waals surface area contributed by atoms with Crippen LogP contribution in [0.15, 0.2) is 18.2 Å². The summed E-state index contributed by atoms with van der Waals surface area (Å²) in [5.74, 6) is -0.890. The average molecular weight is 300 g/mol. The Hall–Kier alpha value is -2.30. The maximum Gasteiger partial charge on any atom is 0.326 e. The highest BCUT2D eigenvalue weighted by atomic mass is 16.4. The zero-order valence-electron chi connectivity index (χ0n) is 12.8. The number of hydrogen-bond acceptors (Lipinski definition) is 2. The third kappa shape index (κ3) is 2.98. The van der Waals surface area contributed by atoms with Gasteiger partial charge in [-0.15, -0.1) is 0 Å². The van der Waals surface area contributed by atoms with Crippen LogP contribution in [0, 0.1) is 19.8 Å². The molecule has 1 heterocycles. The summed E-state index contributed by atoms with van der Waals surface area (Å²) in [6.07, 6.45) is 2.63. The molecule has 1 aliphatic rings. The van der Waals surface area contributed by atoms with Gasteiger partial charge < -0.3 is 15.4 Å².